The van der Waals surface area contributed by atoms with E-state index in [1.54, 1.807) is 12.1 Å². The third-order valence-corrected chi connectivity index (χ3v) is 5.38. The predicted molar refractivity (Wildman–Crippen MR) is 94.8 cm³/mol. The molecule has 0 atom stereocenters. The lowest BCUT2D eigenvalue weighted by molar-refractivity contribution is -0.114. The van der Waals surface area contributed by atoms with Crippen LogP contribution in [0.5, 0.6) is 0 Å². The molecule has 2 N–H and O–H groups in total. The smallest absolute Gasteiger partial charge is 0.261 e. The van der Waals surface area contributed by atoms with Gasteiger partial charge in [0, 0.05) is 11.8 Å². The Morgan fingerprint density at radius 1 is 1.13 bits per heavy atom. The van der Waals surface area contributed by atoms with Crippen molar-refractivity contribution in [2.45, 2.75) is 16.7 Å². The van der Waals surface area contributed by atoms with E-state index in [1.165, 1.54) is 36.9 Å². The van der Waals surface area contributed by atoms with Gasteiger partial charge in [-0.3, -0.25) is 9.52 Å². The second-order valence-corrected chi connectivity index (χ2v) is 7.57. The molecule has 2 aromatic carbocycles. The van der Waals surface area contributed by atoms with Gasteiger partial charge < -0.3 is 5.32 Å². The quantitative estimate of drug-likeness (QED) is 0.784. The van der Waals surface area contributed by atoms with Crippen LogP contribution in [-0.2, 0) is 14.8 Å². The Morgan fingerprint density at radius 2 is 1.83 bits per heavy atom. The number of anilines is 2. The zero-order valence-corrected chi connectivity index (χ0v) is 14.8. The van der Waals surface area contributed by atoms with E-state index in [0.29, 0.717) is 11.4 Å². The highest BCUT2D eigenvalue weighted by Crippen LogP contribution is 2.29. The molecule has 0 saturated heterocycles. The molecule has 0 aliphatic carbocycles. The van der Waals surface area contributed by atoms with Crippen LogP contribution in [-0.4, -0.2) is 20.6 Å². The van der Waals surface area contributed by atoms with Gasteiger partial charge in [-0.25, -0.2) is 8.42 Å². The molecule has 0 heterocycles. The maximum Gasteiger partial charge on any atom is 0.261 e. The van der Waals surface area contributed by atoms with E-state index in [0.717, 1.165) is 4.90 Å². The van der Waals surface area contributed by atoms with Crippen LogP contribution in [0.15, 0.2) is 52.3 Å². The predicted octanol–water partition coefficient (Wildman–Crippen LogP) is 3.82. The number of halogens is 1. The number of benzene rings is 2. The van der Waals surface area contributed by atoms with E-state index < -0.39 is 10.0 Å². The maximum atomic E-state index is 12.5. The maximum absolute atomic E-state index is 12.5. The second-order valence-electron chi connectivity index (χ2n) is 4.63. The molecule has 0 saturated carbocycles. The van der Waals surface area contributed by atoms with E-state index in [9.17, 15) is 13.2 Å². The van der Waals surface area contributed by atoms with Gasteiger partial charge in [0.15, 0.2) is 0 Å². The van der Waals surface area contributed by atoms with Crippen LogP contribution in [0.4, 0.5) is 11.4 Å². The molecule has 0 radical (unpaired) electrons. The summed E-state index contributed by atoms with van der Waals surface area (Å²) >= 11 is 7.47. The van der Waals surface area contributed by atoms with Gasteiger partial charge in [-0.2, -0.15) is 0 Å². The lowest BCUT2D eigenvalue weighted by Gasteiger charge is -2.12. The highest BCUT2D eigenvalue weighted by atomic mass is 35.5. The number of hydrogen-bond donors (Lipinski definition) is 2. The van der Waals surface area contributed by atoms with Crippen molar-refractivity contribution in [3.8, 4) is 0 Å². The number of rotatable bonds is 5. The summed E-state index contributed by atoms with van der Waals surface area (Å²) in [6.07, 6.45) is 1.87. The molecule has 0 fully saturated rings. The van der Waals surface area contributed by atoms with Gasteiger partial charge in [0.05, 0.1) is 21.3 Å². The third-order valence-electron chi connectivity index (χ3n) is 2.91. The molecule has 5 nitrogen and oxygen atoms in total. The first kappa shape index (κ1) is 17.7. The van der Waals surface area contributed by atoms with Crippen molar-refractivity contribution < 1.29 is 13.2 Å². The minimum Gasteiger partial charge on any atom is -0.325 e. The van der Waals surface area contributed by atoms with Crippen LogP contribution >= 0.6 is 23.4 Å². The summed E-state index contributed by atoms with van der Waals surface area (Å²) in [5, 5.41) is 2.68. The molecule has 0 spiro atoms. The second kappa shape index (κ2) is 7.25. The van der Waals surface area contributed by atoms with Gasteiger partial charge in [-0.1, -0.05) is 23.7 Å². The lowest BCUT2D eigenvalue weighted by atomic mass is 10.3. The zero-order valence-electron chi connectivity index (χ0n) is 12.5. The largest absolute Gasteiger partial charge is 0.325 e. The van der Waals surface area contributed by atoms with Crippen LogP contribution in [0.3, 0.4) is 0 Å². The molecule has 0 aliphatic rings. The monoisotopic (exact) mass is 370 g/mol. The van der Waals surface area contributed by atoms with Crippen LogP contribution in [0.2, 0.25) is 5.02 Å². The number of para-hydroxylation sites is 1. The molecule has 1 amide bonds. The summed E-state index contributed by atoms with van der Waals surface area (Å²) in [4.78, 5) is 11.9. The molecule has 2 aromatic rings. The number of sulfonamides is 1. The first-order valence-corrected chi connectivity index (χ1v) is 9.65. The molecular weight excluding hydrogens is 356 g/mol. The van der Waals surface area contributed by atoms with Gasteiger partial charge >= 0.3 is 0 Å². The fourth-order valence-corrected chi connectivity index (χ4v) is 3.90. The fraction of sp³-hybridized carbons (Fsp3) is 0.133. The summed E-state index contributed by atoms with van der Waals surface area (Å²) in [7, 11) is -3.77. The topological polar surface area (TPSA) is 75.3 Å². The molecule has 0 unspecified atom stereocenters. The normalized spacial score (nSPS) is 11.1. The van der Waals surface area contributed by atoms with Gasteiger partial charge in [0.1, 0.15) is 0 Å². The number of carbonyl (C=O) groups excluding carboxylic acids is 1. The van der Waals surface area contributed by atoms with Crippen LogP contribution in [0.1, 0.15) is 6.92 Å². The Balaban J connectivity index is 2.33. The van der Waals surface area contributed by atoms with Gasteiger partial charge in [-0.05, 0) is 36.6 Å². The van der Waals surface area contributed by atoms with Crippen molar-refractivity contribution in [2.24, 2.45) is 0 Å². The average molecular weight is 371 g/mol. The van der Waals surface area contributed by atoms with Crippen LogP contribution < -0.4 is 10.0 Å². The molecule has 122 valence electrons. The first-order chi connectivity index (χ1) is 10.8. The van der Waals surface area contributed by atoms with E-state index in [2.05, 4.69) is 10.0 Å². The van der Waals surface area contributed by atoms with Crippen LogP contribution in [0, 0.1) is 0 Å². The number of nitrogens with one attached hydrogen (secondary N) is 2. The fourth-order valence-electron chi connectivity index (χ4n) is 1.89. The van der Waals surface area contributed by atoms with Crippen molar-refractivity contribution in [3.05, 3.63) is 47.5 Å². The highest BCUT2D eigenvalue weighted by Gasteiger charge is 2.17. The SMILES string of the molecule is CSc1ccccc1NS(=O)(=O)c1ccc(NC(C)=O)c(Cl)c1. The van der Waals surface area contributed by atoms with Crippen molar-refractivity contribution in [2.75, 3.05) is 16.3 Å². The Kier molecular flexibility index (Phi) is 5.56. The van der Waals surface area contributed by atoms with Crippen molar-refractivity contribution in [1.29, 1.82) is 0 Å². The Morgan fingerprint density at radius 3 is 2.43 bits per heavy atom. The molecule has 0 aromatic heterocycles. The van der Waals surface area contributed by atoms with E-state index in [4.69, 9.17) is 11.6 Å². The van der Waals surface area contributed by atoms with Gasteiger partial charge in [0.25, 0.3) is 10.0 Å². The average Bonchev–Trinajstić information content (AvgIpc) is 2.49. The Bertz CT molecular complexity index is 838. The molecule has 0 aliphatic heterocycles. The Labute approximate surface area is 144 Å². The lowest BCUT2D eigenvalue weighted by Crippen LogP contribution is -2.14. The summed E-state index contributed by atoms with van der Waals surface area (Å²) in [6.45, 7) is 1.35. The number of amides is 1. The molecule has 8 heteroatoms. The van der Waals surface area contributed by atoms with E-state index >= 15 is 0 Å². The first-order valence-electron chi connectivity index (χ1n) is 6.56. The number of hydrogen-bond acceptors (Lipinski definition) is 4. The number of thioether (sulfide) groups is 1. The number of carbonyl (C=O) groups is 1. The van der Waals surface area contributed by atoms with Gasteiger partial charge in [-0.15, -0.1) is 11.8 Å². The van der Waals surface area contributed by atoms with Crippen molar-refractivity contribution in [1.82, 2.24) is 0 Å². The minimum absolute atomic E-state index is 0.0208. The van der Waals surface area contributed by atoms with Crippen molar-refractivity contribution in [3.63, 3.8) is 0 Å². The third kappa shape index (κ3) is 4.40. The summed E-state index contributed by atoms with van der Waals surface area (Å²) < 4.78 is 27.5. The zero-order chi connectivity index (χ0) is 17.0. The summed E-state index contributed by atoms with van der Waals surface area (Å²) in [5.74, 6) is -0.283. The highest BCUT2D eigenvalue weighted by molar-refractivity contribution is 7.99. The molecular formula is C15H15ClN2O3S2. The summed E-state index contributed by atoms with van der Waals surface area (Å²) in [5.41, 5.74) is 0.865. The van der Waals surface area contributed by atoms with Crippen LogP contribution in [0.25, 0.3) is 0 Å². The van der Waals surface area contributed by atoms with E-state index in [-0.39, 0.29) is 15.8 Å². The molecule has 23 heavy (non-hydrogen) atoms. The minimum atomic E-state index is -3.77. The summed E-state index contributed by atoms with van der Waals surface area (Å²) in [6, 6.07) is 11.3. The molecule has 2 rings (SSSR count). The Hall–Kier alpha value is -1.70. The van der Waals surface area contributed by atoms with Gasteiger partial charge in [0.2, 0.25) is 5.91 Å². The van der Waals surface area contributed by atoms with E-state index in [1.807, 2.05) is 18.4 Å². The molecule has 0 bridgehead atoms. The van der Waals surface area contributed by atoms with Crippen molar-refractivity contribution >= 4 is 50.7 Å². The standard InChI is InChI=1S/C15H15ClN2O3S2/c1-10(19)17-13-8-7-11(9-12(13)16)23(20,21)18-14-5-3-4-6-15(14)22-2/h3-9,18H,1-2H3,(H,17,19).